The molecule has 7 nitrogen and oxygen atoms in total. The largest absolute Gasteiger partial charge is 0.358 e. The minimum absolute atomic E-state index is 0.0763. The molecule has 3 heterocycles. The van der Waals surface area contributed by atoms with Crippen LogP contribution in [0.3, 0.4) is 0 Å². The number of amides is 2. The highest BCUT2D eigenvalue weighted by atomic mass is 35.5. The van der Waals surface area contributed by atoms with Crippen LogP contribution in [-0.4, -0.2) is 75.5 Å². The number of carbonyl (C=O) groups excluding carboxylic acids is 3. The highest BCUT2D eigenvalue weighted by molar-refractivity contribution is 6.45. The van der Waals surface area contributed by atoms with Crippen molar-refractivity contribution < 1.29 is 18.8 Å². The maximum atomic E-state index is 13.8. The van der Waals surface area contributed by atoms with Gasteiger partial charge in [-0.2, -0.15) is 0 Å². The SMILES string of the molecule is Cc1[nH]c2cc(Cl)c(C(=O)N3C[C@H](C)N(Cc4ccc(F)cc4)C[C@H]3C)cc2c1C(=O)C(=O)N1CCCC1. The first kappa shape index (κ1) is 26.4. The Kier molecular flexibility index (Phi) is 7.29. The number of H-pyrrole nitrogens is 1. The lowest BCUT2D eigenvalue weighted by Crippen LogP contribution is -2.57. The molecule has 0 unspecified atom stereocenters. The van der Waals surface area contributed by atoms with E-state index in [9.17, 15) is 18.8 Å². The summed E-state index contributed by atoms with van der Waals surface area (Å²) < 4.78 is 13.3. The number of aryl methyl sites for hydroxylation is 1. The zero-order valence-corrected chi connectivity index (χ0v) is 22.6. The molecule has 1 aromatic heterocycles. The summed E-state index contributed by atoms with van der Waals surface area (Å²) in [5, 5.41) is 0.825. The average Bonchev–Trinajstić information content (AvgIpc) is 3.53. The van der Waals surface area contributed by atoms with Gasteiger partial charge in [-0.05, 0) is 63.4 Å². The second kappa shape index (κ2) is 10.5. The molecule has 5 rings (SSSR count). The first-order valence-corrected chi connectivity index (χ1v) is 13.5. The van der Waals surface area contributed by atoms with E-state index in [-0.39, 0.29) is 23.8 Å². The molecular formula is C29H32ClFN4O3. The normalized spacial score (nSPS) is 20.3. The third-order valence-corrected chi connectivity index (χ3v) is 8.11. The second-order valence-corrected chi connectivity index (χ2v) is 10.9. The number of halogens is 2. The molecule has 200 valence electrons. The third-order valence-electron chi connectivity index (χ3n) is 7.79. The summed E-state index contributed by atoms with van der Waals surface area (Å²) >= 11 is 6.59. The van der Waals surface area contributed by atoms with Gasteiger partial charge in [0.15, 0.2) is 0 Å². The van der Waals surface area contributed by atoms with Crippen molar-refractivity contribution in [3.63, 3.8) is 0 Å². The van der Waals surface area contributed by atoms with Crippen molar-refractivity contribution in [3.05, 3.63) is 69.6 Å². The van der Waals surface area contributed by atoms with Crippen molar-refractivity contribution in [3.8, 4) is 0 Å². The first-order valence-electron chi connectivity index (χ1n) is 13.1. The van der Waals surface area contributed by atoms with Crippen molar-refractivity contribution in [2.75, 3.05) is 26.2 Å². The van der Waals surface area contributed by atoms with Gasteiger partial charge >= 0.3 is 0 Å². The van der Waals surface area contributed by atoms with E-state index >= 15 is 0 Å². The molecule has 2 atom stereocenters. The molecule has 2 aromatic carbocycles. The third kappa shape index (κ3) is 4.95. The van der Waals surface area contributed by atoms with Crippen molar-refractivity contribution in [2.45, 2.75) is 52.2 Å². The van der Waals surface area contributed by atoms with Crippen LogP contribution in [0, 0.1) is 12.7 Å². The summed E-state index contributed by atoms with van der Waals surface area (Å²) in [6, 6.07) is 9.79. The number of likely N-dealkylation sites (tertiary alicyclic amines) is 1. The van der Waals surface area contributed by atoms with Crippen LogP contribution >= 0.6 is 11.6 Å². The number of nitrogens with zero attached hydrogens (tertiary/aromatic N) is 3. The number of aromatic amines is 1. The summed E-state index contributed by atoms with van der Waals surface area (Å²) in [6.07, 6.45) is 1.79. The van der Waals surface area contributed by atoms with Crippen molar-refractivity contribution in [2.24, 2.45) is 0 Å². The predicted octanol–water partition coefficient (Wildman–Crippen LogP) is 4.81. The Hall–Kier alpha value is -3.23. The van der Waals surface area contributed by atoms with Gasteiger partial charge in [0, 0.05) is 61.4 Å². The Morgan fingerprint density at radius 2 is 1.71 bits per heavy atom. The fourth-order valence-electron chi connectivity index (χ4n) is 5.66. The summed E-state index contributed by atoms with van der Waals surface area (Å²) in [4.78, 5) is 48.7. The topological polar surface area (TPSA) is 76.7 Å². The van der Waals surface area contributed by atoms with E-state index in [0.717, 1.165) is 18.4 Å². The molecule has 1 N–H and O–H groups in total. The van der Waals surface area contributed by atoms with Crippen LogP contribution in [0.1, 0.15) is 58.7 Å². The number of Topliss-reactive ketones (excluding diaryl/α,β-unsaturated/α-hetero) is 1. The van der Waals surface area contributed by atoms with E-state index in [4.69, 9.17) is 11.6 Å². The molecule has 2 saturated heterocycles. The molecular weight excluding hydrogens is 507 g/mol. The Morgan fingerprint density at radius 3 is 2.39 bits per heavy atom. The molecule has 9 heteroatoms. The number of piperazine rings is 1. The molecule has 38 heavy (non-hydrogen) atoms. The molecule has 2 aliphatic rings. The van der Waals surface area contributed by atoms with E-state index in [0.29, 0.717) is 65.5 Å². The summed E-state index contributed by atoms with van der Waals surface area (Å²) in [5.41, 5.74) is 2.82. The number of aromatic nitrogens is 1. The first-order chi connectivity index (χ1) is 18.1. The van der Waals surface area contributed by atoms with Gasteiger partial charge in [0.2, 0.25) is 0 Å². The molecule has 0 spiro atoms. The quantitative estimate of drug-likeness (QED) is 0.374. The summed E-state index contributed by atoms with van der Waals surface area (Å²) in [7, 11) is 0. The van der Waals surface area contributed by atoms with Gasteiger partial charge in [0.25, 0.3) is 17.6 Å². The number of ketones is 1. The number of carbonyl (C=O) groups is 3. The number of hydrogen-bond donors (Lipinski definition) is 1. The standard InChI is InChI=1S/C29H32ClFN4O3/c1-17-15-35(18(2)14-34(17)16-20-6-8-21(31)9-7-20)28(37)22-12-23-25(13-24(22)30)32-19(3)26(23)27(36)29(38)33-10-4-5-11-33/h6-9,12-13,17-18,32H,4-5,10-11,14-16H2,1-3H3/t17-,18+/m0/s1. The van der Waals surface area contributed by atoms with Gasteiger partial charge in [0.05, 0.1) is 16.1 Å². The highest BCUT2D eigenvalue weighted by Gasteiger charge is 2.34. The van der Waals surface area contributed by atoms with Crippen LogP contribution in [0.25, 0.3) is 10.9 Å². The fraction of sp³-hybridized carbons (Fsp3) is 0.414. The molecule has 0 saturated carbocycles. The van der Waals surface area contributed by atoms with Crippen LogP contribution in [0.5, 0.6) is 0 Å². The Labute approximate surface area is 226 Å². The zero-order chi connectivity index (χ0) is 27.1. The van der Waals surface area contributed by atoms with Crippen molar-refractivity contribution >= 4 is 40.1 Å². The number of nitrogens with one attached hydrogen (secondary N) is 1. The predicted molar refractivity (Wildman–Crippen MR) is 145 cm³/mol. The molecule has 0 aliphatic carbocycles. The minimum atomic E-state index is -0.562. The smallest absolute Gasteiger partial charge is 0.295 e. The van der Waals surface area contributed by atoms with Gasteiger partial charge < -0.3 is 14.8 Å². The van der Waals surface area contributed by atoms with E-state index < -0.39 is 11.7 Å². The Morgan fingerprint density at radius 1 is 1.03 bits per heavy atom. The van der Waals surface area contributed by atoms with Crippen LogP contribution in [0.2, 0.25) is 5.02 Å². The summed E-state index contributed by atoms with van der Waals surface area (Å²) in [6.45, 7) is 8.82. The molecule has 0 bridgehead atoms. The monoisotopic (exact) mass is 538 g/mol. The lowest BCUT2D eigenvalue weighted by Gasteiger charge is -2.44. The second-order valence-electron chi connectivity index (χ2n) is 10.5. The molecule has 0 radical (unpaired) electrons. The zero-order valence-electron chi connectivity index (χ0n) is 21.9. The minimum Gasteiger partial charge on any atom is -0.358 e. The van der Waals surface area contributed by atoms with Crippen LogP contribution < -0.4 is 0 Å². The van der Waals surface area contributed by atoms with Crippen LogP contribution in [-0.2, 0) is 11.3 Å². The van der Waals surface area contributed by atoms with Crippen LogP contribution in [0.15, 0.2) is 36.4 Å². The van der Waals surface area contributed by atoms with E-state index in [1.54, 1.807) is 36.1 Å². The molecule has 2 aliphatic heterocycles. The van der Waals surface area contributed by atoms with Crippen molar-refractivity contribution in [1.29, 1.82) is 0 Å². The van der Waals surface area contributed by atoms with Crippen molar-refractivity contribution in [1.82, 2.24) is 19.7 Å². The van der Waals surface area contributed by atoms with Gasteiger partial charge in [0.1, 0.15) is 5.82 Å². The average molecular weight is 539 g/mol. The summed E-state index contributed by atoms with van der Waals surface area (Å²) in [5.74, 6) is -1.54. The van der Waals surface area contributed by atoms with Gasteiger partial charge in [-0.15, -0.1) is 0 Å². The maximum Gasteiger partial charge on any atom is 0.295 e. The molecule has 3 aromatic rings. The fourth-order valence-corrected chi connectivity index (χ4v) is 5.90. The van der Waals surface area contributed by atoms with Crippen LogP contribution in [0.4, 0.5) is 4.39 Å². The highest BCUT2D eigenvalue weighted by Crippen LogP contribution is 2.31. The van der Waals surface area contributed by atoms with E-state index in [1.807, 2.05) is 11.8 Å². The lowest BCUT2D eigenvalue weighted by molar-refractivity contribution is -0.125. The number of fused-ring (bicyclic) bond motifs is 1. The van der Waals surface area contributed by atoms with Gasteiger partial charge in [-0.1, -0.05) is 23.7 Å². The van der Waals surface area contributed by atoms with E-state index in [2.05, 4.69) is 16.8 Å². The molecule has 2 amide bonds. The van der Waals surface area contributed by atoms with E-state index in [1.165, 1.54) is 12.1 Å². The van der Waals surface area contributed by atoms with Gasteiger partial charge in [-0.3, -0.25) is 19.3 Å². The molecule has 2 fully saturated rings. The number of rotatable bonds is 5. The number of hydrogen-bond acceptors (Lipinski definition) is 4. The maximum absolute atomic E-state index is 13.8. The van der Waals surface area contributed by atoms with Gasteiger partial charge in [-0.25, -0.2) is 4.39 Å². The Bertz CT molecular complexity index is 1400. The lowest BCUT2D eigenvalue weighted by atomic mass is 10.0. The number of benzene rings is 2. The Balaban J connectivity index is 1.39.